The van der Waals surface area contributed by atoms with Crippen molar-refractivity contribution >= 4 is 0 Å². The highest BCUT2D eigenvalue weighted by Gasteiger charge is 2.08. The fourth-order valence-corrected chi connectivity index (χ4v) is 2.27. The molecule has 2 nitrogen and oxygen atoms in total. The first-order chi connectivity index (χ1) is 9.79. The maximum atomic E-state index is 9.24. The van der Waals surface area contributed by atoms with E-state index in [1.807, 2.05) is 30.3 Å². The Morgan fingerprint density at radius 3 is 2.60 bits per heavy atom. The number of nitriles is 1. The Bertz CT molecular complexity index is 569. The van der Waals surface area contributed by atoms with E-state index in [4.69, 9.17) is 0 Å². The molecular weight excluding hydrogens is 244 g/mol. The summed E-state index contributed by atoms with van der Waals surface area (Å²) < 4.78 is 0. The molecule has 0 aromatic heterocycles. The second-order valence-electron chi connectivity index (χ2n) is 5.04. The van der Waals surface area contributed by atoms with E-state index in [0.717, 1.165) is 18.5 Å². The molecule has 0 amide bonds. The number of aryl methyl sites for hydroxylation is 1. The van der Waals surface area contributed by atoms with Crippen LogP contribution < -0.4 is 5.32 Å². The predicted molar refractivity (Wildman–Crippen MR) is 82.5 cm³/mol. The third kappa shape index (κ3) is 4.22. The summed E-state index contributed by atoms with van der Waals surface area (Å²) in [6, 6.07) is 20.9. The van der Waals surface area contributed by atoms with Crippen LogP contribution in [0.25, 0.3) is 0 Å². The van der Waals surface area contributed by atoms with Gasteiger partial charge in [0.15, 0.2) is 0 Å². The lowest BCUT2D eigenvalue weighted by atomic mass is 10.0. The van der Waals surface area contributed by atoms with E-state index in [1.54, 1.807) is 0 Å². The van der Waals surface area contributed by atoms with Gasteiger partial charge in [0, 0.05) is 6.54 Å². The van der Waals surface area contributed by atoms with Gasteiger partial charge in [-0.2, -0.15) is 5.26 Å². The zero-order valence-corrected chi connectivity index (χ0v) is 11.8. The summed E-state index contributed by atoms with van der Waals surface area (Å²) in [5.74, 6) is -0.0753. The van der Waals surface area contributed by atoms with Crippen molar-refractivity contribution < 1.29 is 0 Å². The van der Waals surface area contributed by atoms with Gasteiger partial charge in [-0.25, -0.2) is 0 Å². The minimum Gasteiger partial charge on any atom is -0.315 e. The average Bonchev–Trinajstić information content (AvgIpc) is 2.48. The first-order valence-corrected chi connectivity index (χ1v) is 7.00. The highest BCUT2D eigenvalue weighted by atomic mass is 14.9. The maximum absolute atomic E-state index is 9.24. The molecule has 2 aromatic rings. The van der Waals surface area contributed by atoms with Crippen LogP contribution in [-0.2, 0) is 6.42 Å². The van der Waals surface area contributed by atoms with Crippen LogP contribution in [0.15, 0.2) is 54.6 Å². The van der Waals surface area contributed by atoms with Gasteiger partial charge in [0.25, 0.3) is 0 Å². The molecular formula is C18H20N2. The number of benzene rings is 2. The van der Waals surface area contributed by atoms with Crippen molar-refractivity contribution in [3.05, 3.63) is 71.3 Å². The number of nitrogens with one attached hydrogen (secondary N) is 1. The minimum absolute atomic E-state index is 0.0753. The summed E-state index contributed by atoms with van der Waals surface area (Å²) in [4.78, 5) is 0. The normalized spacial score (nSPS) is 11.8. The van der Waals surface area contributed by atoms with Crippen molar-refractivity contribution in [3.63, 3.8) is 0 Å². The van der Waals surface area contributed by atoms with E-state index in [-0.39, 0.29) is 5.92 Å². The molecule has 0 aliphatic rings. The highest BCUT2D eigenvalue weighted by molar-refractivity contribution is 5.25. The molecule has 0 aliphatic carbocycles. The Hall–Kier alpha value is -2.11. The molecule has 1 unspecified atom stereocenters. The smallest absolute Gasteiger partial charge is 0.0837 e. The van der Waals surface area contributed by atoms with Gasteiger partial charge in [-0.15, -0.1) is 0 Å². The summed E-state index contributed by atoms with van der Waals surface area (Å²) in [5, 5.41) is 12.6. The second-order valence-corrected chi connectivity index (χ2v) is 5.04. The molecule has 0 spiro atoms. The SMILES string of the molecule is Cc1cccc(CCNCC(C#N)c2ccccc2)c1. The Labute approximate surface area is 121 Å². The molecule has 0 heterocycles. The Kier molecular flexibility index (Phi) is 5.34. The van der Waals surface area contributed by atoms with E-state index >= 15 is 0 Å². The van der Waals surface area contributed by atoms with Crippen LogP contribution in [-0.4, -0.2) is 13.1 Å². The van der Waals surface area contributed by atoms with Gasteiger partial charge in [-0.05, 0) is 31.0 Å². The zero-order chi connectivity index (χ0) is 14.2. The molecule has 20 heavy (non-hydrogen) atoms. The van der Waals surface area contributed by atoms with Crippen molar-refractivity contribution in [2.24, 2.45) is 0 Å². The first-order valence-electron chi connectivity index (χ1n) is 7.00. The zero-order valence-electron chi connectivity index (χ0n) is 11.8. The van der Waals surface area contributed by atoms with Gasteiger partial charge < -0.3 is 5.32 Å². The van der Waals surface area contributed by atoms with Crippen LogP contribution in [0.3, 0.4) is 0 Å². The summed E-state index contributed by atoms with van der Waals surface area (Å²) in [6.07, 6.45) is 0.995. The molecule has 0 radical (unpaired) electrons. The molecule has 1 N–H and O–H groups in total. The van der Waals surface area contributed by atoms with Gasteiger partial charge in [-0.3, -0.25) is 0 Å². The van der Waals surface area contributed by atoms with Crippen molar-refractivity contribution in [2.45, 2.75) is 19.3 Å². The number of hydrogen-bond acceptors (Lipinski definition) is 2. The summed E-state index contributed by atoms with van der Waals surface area (Å²) in [7, 11) is 0. The molecule has 102 valence electrons. The van der Waals surface area contributed by atoms with Crippen LogP contribution in [0.1, 0.15) is 22.6 Å². The lowest BCUT2D eigenvalue weighted by Gasteiger charge is -2.11. The molecule has 0 fully saturated rings. The molecule has 2 rings (SSSR count). The number of nitrogens with zero attached hydrogens (tertiary/aromatic N) is 1. The van der Waals surface area contributed by atoms with Crippen LogP contribution in [0.4, 0.5) is 0 Å². The Balaban J connectivity index is 1.79. The third-order valence-corrected chi connectivity index (χ3v) is 3.38. The molecule has 1 atom stereocenters. The maximum Gasteiger partial charge on any atom is 0.0837 e. The quantitative estimate of drug-likeness (QED) is 0.811. The van der Waals surface area contributed by atoms with E-state index in [1.165, 1.54) is 11.1 Å². The Morgan fingerprint density at radius 1 is 1.10 bits per heavy atom. The monoisotopic (exact) mass is 264 g/mol. The van der Waals surface area contributed by atoms with E-state index < -0.39 is 0 Å². The number of hydrogen-bond donors (Lipinski definition) is 1. The molecule has 0 saturated carbocycles. The van der Waals surface area contributed by atoms with E-state index in [2.05, 4.69) is 42.6 Å². The standard InChI is InChI=1S/C18H20N2/c1-15-6-5-7-16(12-15)10-11-20-14-18(13-19)17-8-3-2-4-9-17/h2-9,12,18,20H,10-11,14H2,1H3. The largest absolute Gasteiger partial charge is 0.315 e. The second kappa shape index (κ2) is 7.47. The van der Waals surface area contributed by atoms with E-state index in [0.29, 0.717) is 6.54 Å². The van der Waals surface area contributed by atoms with E-state index in [9.17, 15) is 5.26 Å². The van der Waals surface area contributed by atoms with Gasteiger partial charge in [0.05, 0.1) is 12.0 Å². The van der Waals surface area contributed by atoms with Crippen LogP contribution in [0.5, 0.6) is 0 Å². The summed E-state index contributed by atoms with van der Waals surface area (Å²) in [5.41, 5.74) is 3.71. The van der Waals surface area contributed by atoms with Crippen LogP contribution >= 0.6 is 0 Å². The first kappa shape index (κ1) is 14.3. The minimum atomic E-state index is -0.0753. The van der Waals surface area contributed by atoms with Gasteiger partial charge in [0.1, 0.15) is 0 Å². The lowest BCUT2D eigenvalue weighted by molar-refractivity contribution is 0.650. The van der Waals surface area contributed by atoms with Gasteiger partial charge in [-0.1, -0.05) is 60.2 Å². The molecule has 2 aromatic carbocycles. The Morgan fingerprint density at radius 2 is 1.90 bits per heavy atom. The van der Waals surface area contributed by atoms with Crippen LogP contribution in [0, 0.1) is 18.3 Å². The molecule has 0 bridgehead atoms. The third-order valence-electron chi connectivity index (χ3n) is 3.38. The topological polar surface area (TPSA) is 35.8 Å². The predicted octanol–water partition coefficient (Wildman–Crippen LogP) is 3.43. The fourth-order valence-electron chi connectivity index (χ4n) is 2.27. The van der Waals surface area contributed by atoms with Gasteiger partial charge >= 0.3 is 0 Å². The molecule has 0 saturated heterocycles. The molecule has 0 aliphatic heterocycles. The van der Waals surface area contributed by atoms with Crippen molar-refractivity contribution in [1.82, 2.24) is 5.32 Å². The van der Waals surface area contributed by atoms with Crippen molar-refractivity contribution in [3.8, 4) is 6.07 Å². The molecule has 2 heteroatoms. The number of rotatable bonds is 6. The lowest BCUT2D eigenvalue weighted by Crippen LogP contribution is -2.23. The average molecular weight is 264 g/mol. The summed E-state index contributed by atoms with van der Waals surface area (Å²) >= 11 is 0. The highest BCUT2D eigenvalue weighted by Crippen LogP contribution is 2.13. The van der Waals surface area contributed by atoms with Crippen molar-refractivity contribution in [1.29, 1.82) is 5.26 Å². The van der Waals surface area contributed by atoms with Crippen molar-refractivity contribution in [2.75, 3.05) is 13.1 Å². The summed E-state index contributed by atoms with van der Waals surface area (Å²) in [6.45, 7) is 3.71. The van der Waals surface area contributed by atoms with Gasteiger partial charge in [0.2, 0.25) is 0 Å². The fraction of sp³-hybridized carbons (Fsp3) is 0.278. The van der Waals surface area contributed by atoms with Crippen LogP contribution in [0.2, 0.25) is 0 Å².